The first-order valence-corrected chi connectivity index (χ1v) is 10.5. The van der Waals surface area contributed by atoms with Crippen LogP contribution in [-0.4, -0.2) is 76.6 Å². The number of carboxylic acid groups (broad SMARTS) is 2. The molecule has 2 saturated heterocycles. The van der Waals surface area contributed by atoms with Gasteiger partial charge in [-0.2, -0.15) is 0 Å². The van der Waals surface area contributed by atoms with E-state index in [1.54, 1.807) is 7.11 Å². The standard InChI is InChI=1S/C19H24N4O.C4H4O4/c1-22-14-6-5-7-15(22)13-23(12-14)19-11-10-17(20-21-19)16-8-3-4-9-18(16)24-2;5-3(6)1-2-4(7)8/h3-4,8-11,14-15H,5-7,12-13H2,1-2H3;1-2H,(H,5,6)(H,7,8)/b;2-1+. The summed E-state index contributed by atoms with van der Waals surface area (Å²) in [4.78, 5) is 24.1. The summed E-state index contributed by atoms with van der Waals surface area (Å²) >= 11 is 0. The molecule has 32 heavy (non-hydrogen) atoms. The predicted molar refractivity (Wildman–Crippen MR) is 120 cm³/mol. The van der Waals surface area contributed by atoms with Gasteiger partial charge in [-0.05, 0) is 44.2 Å². The van der Waals surface area contributed by atoms with Gasteiger partial charge in [0.15, 0.2) is 5.82 Å². The first kappa shape index (κ1) is 23.2. The van der Waals surface area contributed by atoms with Gasteiger partial charge in [0.05, 0.1) is 12.8 Å². The van der Waals surface area contributed by atoms with Gasteiger partial charge >= 0.3 is 11.9 Å². The van der Waals surface area contributed by atoms with Crippen molar-refractivity contribution in [3.8, 4) is 17.0 Å². The average molecular weight is 441 g/mol. The van der Waals surface area contributed by atoms with Crippen LogP contribution in [0.5, 0.6) is 5.75 Å². The smallest absolute Gasteiger partial charge is 0.328 e. The van der Waals surface area contributed by atoms with E-state index in [1.807, 2.05) is 30.3 Å². The number of nitrogens with zero attached hydrogens (tertiary/aromatic N) is 4. The molecule has 2 aliphatic rings. The molecule has 0 spiro atoms. The zero-order chi connectivity index (χ0) is 23.1. The number of para-hydroxylation sites is 1. The third-order valence-corrected chi connectivity index (χ3v) is 5.81. The van der Waals surface area contributed by atoms with E-state index in [2.05, 4.69) is 33.1 Å². The minimum atomic E-state index is -1.26. The van der Waals surface area contributed by atoms with E-state index < -0.39 is 11.9 Å². The predicted octanol–water partition coefficient (Wildman–Crippen LogP) is 2.54. The highest BCUT2D eigenvalue weighted by molar-refractivity contribution is 5.89. The fraction of sp³-hybridized carbons (Fsp3) is 0.391. The Morgan fingerprint density at radius 2 is 1.62 bits per heavy atom. The van der Waals surface area contributed by atoms with Crippen molar-refractivity contribution < 1.29 is 24.5 Å². The molecule has 1 aromatic carbocycles. The second kappa shape index (κ2) is 10.7. The number of piperidine rings is 1. The van der Waals surface area contributed by atoms with Gasteiger partial charge < -0.3 is 19.8 Å². The van der Waals surface area contributed by atoms with Crippen LogP contribution in [0.2, 0.25) is 0 Å². The molecule has 2 N–H and O–H groups in total. The second-order valence-electron chi connectivity index (χ2n) is 7.80. The molecule has 9 heteroatoms. The summed E-state index contributed by atoms with van der Waals surface area (Å²) in [5.74, 6) is -0.702. The van der Waals surface area contributed by atoms with Crippen LogP contribution < -0.4 is 9.64 Å². The van der Waals surface area contributed by atoms with E-state index in [4.69, 9.17) is 14.9 Å². The molecular formula is C23H28N4O5. The summed E-state index contributed by atoms with van der Waals surface area (Å²) in [5.41, 5.74) is 1.83. The lowest BCUT2D eigenvalue weighted by Gasteiger charge is -2.48. The van der Waals surface area contributed by atoms with E-state index >= 15 is 0 Å². The van der Waals surface area contributed by atoms with E-state index in [-0.39, 0.29) is 0 Å². The number of likely N-dealkylation sites (N-methyl/N-ethyl adjacent to an activating group) is 1. The second-order valence-corrected chi connectivity index (χ2v) is 7.80. The number of hydrogen-bond acceptors (Lipinski definition) is 7. The van der Waals surface area contributed by atoms with E-state index in [1.165, 1.54) is 19.3 Å². The molecule has 4 rings (SSSR count). The van der Waals surface area contributed by atoms with Gasteiger partial charge in [-0.25, -0.2) is 9.59 Å². The lowest BCUT2D eigenvalue weighted by Crippen LogP contribution is -2.59. The Bertz CT molecular complexity index is 933. The van der Waals surface area contributed by atoms with E-state index in [0.717, 1.165) is 35.9 Å². The lowest BCUT2D eigenvalue weighted by atomic mass is 9.92. The first-order chi connectivity index (χ1) is 15.4. The zero-order valence-corrected chi connectivity index (χ0v) is 18.2. The summed E-state index contributed by atoms with van der Waals surface area (Å²) < 4.78 is 5.42. The van der Waals surface area contributed by atoms with Crippen molar-refractivity contribution in [2.24, 2.45) is 0 Å². The molecular weight excluding hydrogens is 412 g/mol. The van der Waals surface area contributed by atoms with Gasteiger partial charge in [-0.15, -0.1) is 10.2 Å². The van der Waals surface area contributed by atoms with Crippen LogP contribution in [0.15, 0.2) is 48.6 Å². The number of hydrogen-bond donors (Lipinski definition) is 2. The minimum absolute atomic E-state index is 0.558. The number of aliphatic carboxylic acids is 2. The fourth-order valence-electron chi connectivity index (χ4n) is 4.14. The maximum atomic E-state index is 9.55. The Hall–Kier alpha value is -3.46. The fourth-order valence-corrected chi connectivity index (χ4v) is 4.14. The topological polar surface area (TPSA) is 116 Å². The summed E-state index contributed by atoms with van der Waals surface area (Å²) in [5, 5.41) is 24.6. The van der Waals surface area contributed by atoms with Gasteiger partial charge in [-0.3, -0.25) is 4.90 Å². The molecule has 3 heterocycles. The summed E-state index contributed by atoms with van der Waals surface area (Å²) in [6, 6.07) is 13.4. The molecule has 9 nitrogen and oxygen atoms in total. The van der Waals surface area contributed by atoms with Crippen LogP contribution >= 0.6 is 0 Å². The number of aromatic nitrogens is 2. The van der Waals surface area contributed by atoms with E-state index in [9.17, 15) is 9.59 Å². The molecule has 2 unspecified atom stereocenters. The number of rotatable bonds is 5. The van der Waals surface area contributed by atoms with Crippen LogP contribution in [-0.2, 0) is 9.59 Å². The Kier molecular flexibility index (Phi) is 7.77. The molecule has 0 aliphatic carbocycles. The molecule has 0 amide bonds. The largest absolute Gasteiger partial charge is 0.496 e. The molecule has 2 aliphatic heterocycles. The highest BCUT2D eigenvalue weighted by Gasteiger charge is 2.35. The van der Waals surface area contributed by atoms with Crippen molar-refractivity contribution in [3.05, 3.63) is 48.6 Å². The monoisotopic (exact) mass is 440 g/mol. The number of anilines is 1. The molecule has 2 aromatic rings. The minimum Gasteiger partial charge on any atom is -0.496 e. The number of benzene rings is 1. The number of carboxylic acids is 2. The third kappa shape index (κ3) is 5.82. The van der Waals surface area contributed by atoms with Gasteiger partial charge in [0.25, 0.3) is 0 Å². The number of carbonyl (C=O) groups is 2. The molecule has 170 valence electrons. The molecule has 2 bridgehead atoms. The Morgan fingerprint density at radius 1 is 1.00 bits per heavy atom. The molecule has 0 radical (unpaired) electrons. The maximum absolute atomic E-state index is 9.55. The summed E-state index contributed by atoms with van der Waals surface area (Å²) in [6.45, 7) is 2.10. The third-order valence-electron chi connectivity index (χ3n) is 5.81. The van der Waals surface area contributed by atoms with Gasteiger partial charge in [0.2, 0.25) is 0 Å². The van der Waals surface area contributed by atoms with Crippen LogP contribution in [0.4, 0.5) is 5.82 Å². The van der Waals surface area contributed by atoms with Crippen LogP contribution in [0, 0.1) is 0 Å². The highest BCUT2D eigenvalue weighted by Crippen LogP contribution is 2.31. The van der Waals surface area contributed by atoms with Gasteiger partial charge in [0, 0.05) is 42.9 Å². The number of ether oxygens (including phenoxy) is 1. The molecule has 2 atom stereocenters. The van der Waals surface area contributed by atoms with Crippen molar-refractivity contribution in [2.45, 2.75) is 31.3 Å². The average Bonchev–Trinajstić information content (AvgIpc) is 2.78. The Balaban J connectivity index is 0.000000312. The number of piperazine rings is 1. The van der Waals surface area contributed by atoms with Gasteiger partial charge in [-0.1, -0.05) is 18.6 Å². The Morgan fingerprint density at radius 3 is 2.16 bits per heavy atom. The lowest BCUT2D eigenvalue weighted by molar-refractivity contribution is -0.134. The maximum Gasteiger partial charge on any atom is 0.328 e. The molecule has 1 aromatic heterocycles. The van der Waals surface area contributed by atoms with Crippen molar-refractivity contribution in [1.29, 1.82) is 0 Å². The van der Waals surface area contributed by atoms with Crippen LogP contribution in [0.1, 0.15) is 19.3 Å². The van der Waals surface area contributed by atoms with Crippen molar-refractivity contribution in [3.63, 3.8) is 0 Å². The van der Waals surface area contributed by atoms with Crippen molar-refractivity contribution in [1.82, 2.24) is 15.1 Å². The number of fused-ring (bicyclic) bond motifs is 2. The Labute approximate surface area is 186 Å². The van der Waals surface area contributed by atoms with Crippen molar-refractivity contribution >= 4 is 17.8 Å². The number of methoxy groups -OCH3 is 1. The highest BCUT2D eigenvalue weighted by atomic mass is 16.5. The molecule has 2 fully saturated rings. The summed E-state index contributed by atoms with van der Waals surface area (Å²) in [7, 11) is 3.95. The van der Waals surface area contributed by atoms with Crippen LogP contribution in [0.3, 0.4) is 0 Å². The molecule has 0 saturated carbocycles. The van der Waals surface area contributed by atoms with E-state index in [0.29, 0.717) is 24.2 Å². The van der Waals surface area contributed by atoms with Crippen molar-refractivity contribution in [2.75, 3.05) is 32.1 Å². The summed E-state index contributed by atoms with van der Waals surface area (Å²) in [6.07, 6.45) is 5.04. The quantitative estimate of drug-likeness (QED) is 0.677. The van der Waals surface area contributed by atoms with Gasteiger partial charge in [0.1, 0.15) is 5.75 Å². The zero-order valence-electron chi connectivity index (χ0n) is 18.2. The van der Waals surface area contributed by atoms with Crippen LogP contribution in [0.25, 0.3) is 11.3 Å². The SMILES string of the molecule is COc1ccccc1-c1ccc(N2CC3CCCC(C2)N3C)nn1.O=C(O)/C=C/C(=O)O. The normalized spacial score (nSPS) is 20.4. The first-order valence-electron chi connectivity index (χ1n) is 10.5.